The lowest BCUT2D eigenvalue weighted by atomic mass is 10.1. The van der Waals surface area contributed by atoms with Gasteiger partial charge in [-0.05, 0) is 44.5 Å². The molecule has 0 aliphatic heterocycles. The van der Waals surface area contributed by atoms with Gasteiger partial charge in [0, 0.05) is 0 Å². The van der Waals surface area contributed by atoms with E-state index >= 15 is 0 Å². The van der Waals surface area contributed by atoms with Crippen molar-refractivity contribution in [3.63, 3.8) is 0 Å². The maximum Gasteiger partial charge on any atom is 0.326 e. The fourth-order valence-corrected chi connectivity index (χ4v) is 2.70. The number of carboxylic acid groups (broad SMARTS) is 1. The Morgan fingerprint density at radius 2 is 1.92 bits per heavy atom. The first-order chi connectivity index (χ1) is 11.8. The van der Waals surface area contributed by atoms with Gasteiger partial charge in [-0.1, -0.05) is 19.8 Å². The van der Waals surface area contributed by atoms with E-state index in [-0.39, 0.29) is 5.82 Å². The van der Waals surface area contributed by atoms with Crippen molar-refractivity contribution in [3.8, 4) is 5.69 Å². The third kappa shape index (κ3) is 4.23. The summed E-state index contributed by atoms with van der Waals surface area (Å²) >= 11 is 0. The van der Waals surface area contributed by atoms with Crippen molar-refractivity contribution in [1.29, 1.82) is 0 Å². The number of aliphatic carboxylic acids is 1. The molecule has 0 unspecified atom stereocenters. The van der Waals surface area contributed by atoms with Gasteiger partial charge >= 0.3 is 5.97 Å². The fourth-order valence-electron chi connectivity index (χ4n) is 2.70. The summed E-state index contributed by atoms with van der Waals surface area (Å²) in [4.78, 5) is 23.9. The Balaban J connectivity index is 2.28. The van der Waals surface area contributed by atoms with Crippen LogP contribution in [0, 0.1) is 19.7 Å². The highest BCUT2D eigenvalue weighted by atomic mass is 19.1. The van der Waals surface area contributed by atoms with E-state index in [0.29, 0.717) is 35.5 Å². The first-order valence-corrected chi connectivity index (χ1v) is 8.21. The van der Waals surface area contributed by atoms with Crippen molar-refractivity contribution in [3.05, 3.63) is 47.0 Å². The topological polar surface area (TPSA) is 84.2 Å². The fraction of sp³-hybridized carbons (Fsp3) is 0.389. The van der Waals surface area contributed by atoms with Crippen LogP contribution in [0.2, 0.25) is 0 Å². The van der Waals surface area contributed by atoms with E-state index in [1.165, 1.54) is 12.1 Å². The Hall–Kier alpha value is -2.70. The summed E-state index contributed by atoms with van der Waals surface area (Å²) in [5.74, 6) is -1.88. The van der Waals surface area contributed by atoms with E-state index in [9.17, 15) is 19.1 Å². The molecule has 2 aromatic rings. The average Bonchev–Trinajstić information content (AvgIpc) is 2.86. The number of hydrogen-bond donors (Lipinski definition) is 2. The van der Waals surface area contributed by atoms with Crippen molar-refractivity contribution >= 4 is 11.9 Å². The molecule has 1 aromatic carbocycles. The van der Waals surface area contributed by atoms with E-state index in [4.69, 9.17) is 0 Å². The first-order valence-electron chi connectivity index (χ1n) is 8.21. The number of nitrogens with one attached hydrogen (secondary N) is 1. The zero-order chi connectivity index (χ0) is 18.6. The minimum Gasteiger partial charge on any atom is -0.480 e. The second-order valence-corrected chi connectivity index (χ2v) is 5.94. The van der Waals surface area contributed by atoms with E-state index < -0.39 is 17.9 Å². The van der Waals surface area contributed by atoms with Gasteiger partial charge in [0.05, 0.1) is 22.6 Å². The normalized spacial score (nSPS) is 12.0. The van der Waals surface area contributed by atoms with Gasteiger partial charge in [0.1, 0.15) is 11.9 Å². The quantitative estimate of drug-likeness (QED) is 0.806. The van der Waals surface area contributed by atoms with E-state index in [0.717, 1.165) is 6.42 Å². The number of unbranched alkanes of at least 4 members (excludes halogenated alkanes) is 1. The van der Waals surface area contributed by atoms with Crippen LogP contribution >= 0.6 is 0 Å². The molecule has 0 aliphatic carbocycles. The summed E-state index contributed by atoms with van der Waals surface area (Å²) in [6.07, 6.45) is 1.94. The molecule has 7 heteroatoms. The molecule has 2 rings (SSSR count). The molecular formula is C18H22FN3O3. The zero-order valence-electron chi connectivity index (χ0n) is 14.5. The van der Waals surface area contributed by atoms with Crippen LogP contribution in [0.5, 0.6) is 0 Å². The standard InChI is InChI=1S/C18H22FN3O3/c1-4-5-6-15(18(24)25)20-17(23)16-11(2)21-22(12(16)3)14-9-7-13(19)8-10-14/h7-10,15H,4-6H2,1-3H3,(H,20,23)(H,24,25)/t15-/m0/s1. The van der Waals surface area contributed by atoms with Crippen LogP contribution in [0.25, 0.3) is 5.69 Å². The lowest BCUT2D eigenvalue weighted by Gasteiger charge is -2.14. The van der Waals surface area contributed by atoms with Crippen LogP contribution in [0.15, 0.2) is 24.3 Å². The predicted molar refractivity (Wildman–Crippen MR) is 91.4 cm³/mol. The van der Waals surface area contributed by atoms with E-state index in [2.05, 4.69) is 10.4 Å². The average molecular weight is 347 g/mol. The summed E-state index contributed by atoms with van der Waals surface area (Å²) in [6, 6.07) is 4.84. The number of benzene rings is 1. The molecule has 2 N–H and O–H groups in total. The number of carboxylic acids is 1. The van der Waals surface area contributed by atoms with Crippen LogP contribution in [0.3, 0.4) is 0 Å². The van der Waals surface area contributed by atoms with Crippen molar-refractivity contribution < 1.29 is 19.1 Å². The molecule has 6 nitrogen and oxygen atoms in total. The number of rotatable bonds is 7. The Morgan fingerprint density at radius 1 is 1.28 bits per heavy atom. The maximum absolute atomic E-state index is 13.1. The minimum absolute atomic E-state index is 0.340. The first kappa shape index (κ1) is 18.6. The maximum atomic E-state index is 13.1. The lowest BCUT2D eigenvalue weighted by Crippen LogP contribution is -2.41. The number of nitrogens with zero attached hydrogens (tertiary/aromatic N) is 2. The van der Waals surface area contributed by atoms with Gasteiger partial charge in [-0.25, -0.2) is 13.9 Å². The Kier molecular flexibility index (Phi) is 5.90. The monoisotopic (exact) mass is 347 g/mol. The molecular weight excluding hydrogens is 325 g/mol. The van der Waals surface area contributed by atoms with Gasteiger partial charge in [-0.2, -0.15) is 5.10 Å². The number of aryl methyl sites for hydroxylation is 1. The smallest absolute Gasteiger partial charge is 0.326 e. The van der Waals surface area contributed by atoms with Crippen molar-refractivity contribution in [2.24, 2.45) is 0 Å². The predicted octanol–water partition coefficient (Wildman–Crippen LogP) is 3.00. The molecule has 134 valence electrons. The molecule has 0 radical (unpaired) electrons. The van der Waals surface area contributed by atoms with Crippen LogP contribution in [0.4, 0.5) is 4.39 Å². The van der Waals surface area contributed by atoms with Gasteiger partial charge < -0.3 is 10.4 Å². The number of carbonyl (C=O) groups is 2. The number of halogens is 1. The Labute approximate surface area is 145 Å². The van der Waals surface area contributed by atoms with Gasteiger partial charge in [0.25, 0.3) is 5.91 Å². The third-order valence-electron chi connectivity index (χ3n) is 4.04. The summed E-state index contributed by atoms with van der Waals surface area (Å²) < 4.78 is 14.6. The highest BCUT2D eigenvalue weighted by Gasteiger charge is 2.24. The second kappa shape index (κ2) is 7.92. The SMILES string of the molecule is CCCC[C@H](NC(=O)c1c(C)nn(-c2ccc(F)cc2)c1C)C(=O)O. The molecule has 0 fully saturated rings. The van der Waals surface area contributed by atoms with Crippen molar-refractivity contribution in [2.75, 3.05) is 0 Å². The van der Waals surface area contributed by atoms with Gasteiger partial charge in [0.2, 0.25) is 0 Å². The van der Waals surface area contributed by atoms with Gasteiger partial charge in [-0.3, -0.25) is 4.79 Å². The van der Waals surface area contributed by atoms with Crippen LogP contribution in [-0.4, -0.2) is 32.8 Å². The molecule has 0 aliphatic rings. The third-order valence-corrected chi connectivity index (χ3v) is 4.04. The van der Waals surface area contributed by atoms with Crippen molar-refractivity contribution in [1.82, 2.24) is 15.1 Å². The van der Waals surface area contributed by atoms with Crippen LogP contribution in [0.1, 0.15) is 47.9 Å². The van der Waals surface area contributed by atoms with Crippen LogP contribution < -0.4 is 5.32 Å². The molecule has 1 atom stereocenters. The summed E-state index contributed by atoms with van der Waals surface area (Å²) in [6.45, 7) is 5.37. The highest BCUT2D eigenvalue weighted by Crippen LogP contribution is 2.18. The number of hydrogen-bond acceptors (Lipinski definition) is 3. The molecule has 25 heavy (non-hydrogen) atoms. The zero-order valence-corrected chi connectivity index (χ0v) is 14.5. The molecule has 0 saturated heterocycles. The lowest BCUT2D eigenvalue weighted by molar-refractivity contribution is -0.139. The van der Waals surface area contributed by atoms with Crippen LogP contribution in [-0.2, 0) is 4.79 Å². The molecule has 1 amide bonds. The molecule has 0 spiro atoms. The van der Waals surface area contributed by atoms with Crippen molar-refractivity contribution in [2.45, 2.75) is 46.1 Å². The van der Waals surface area contributed by atoms with Gasteiger partial charge in [-0.15, -0.1) is 0 Å². The van der Waals surface area contributed by atoms with E-state index in [1.54, 1.807) is 30.7 Å². The minimum atomic E-state index is -1.05. The molecule has 1 heterocycles. The van der Waals surface area contributed by atoms with Gasteiger partial charge in [0.15, 0.2) is 0 Å². The Morgan fingerprint density at radius 3 is 2.48 bits per heavy atom. The summed E-state index contributed by atoms with van der Waals surface area (Å²) in [7, 11) is 0. The number of aromatic nitrogens is 2. The summed E-state index contributed by atoms with van der Waals surface area (Å²) in [5.41, 5.74) is 2.02. The highest BCUT2D eigenvalue weighted by molar-refractivity contribution is 5.98. The molecule has 0 saturated carbocycles. The van der Waals surface area contributed by atoms with E-state index in [1.807, 2.05) is 6.92 Å². The number of carbonyl (C=O) groups excluding carboxylic acids is 1. The number of amides is 1. The Bertz CT molecular complexity index is 769. The largest absolute Gasteiger partial charge is 0.480 e. The molecule has 1 aromatic heterocycles. The second-order valence-electron chi connectivity index (χ2n) is 5.94. The summed E-state index contributed by atoms with van der Waals surface area (Å²) in [5, 5.41) is 16.2. The molecule has 0 bridgehead atoms.